The van der Waals surface area contributed by atoms with Gasteiger partial charge in [0, 0.05) is 35.1 Å². The van der Waals surface area contributed by atoms with E-state index in [2.05, 4.69) is 44.3 Å². The van der Waals surface area contributed by atoms with E-state index in [4.69, 9.17) is 0 Å². The lowest BCUT2D eigenvalue weighted by atomic mass is 10.5. The number of hydrogen-bond donors (Lipinski definition) is 0. The van der Waals surface area contributed by atoms with Crippen LogP contribution in [0.1, 0.15) is 15.6 Å². The minimum absolute atomic E-state index is 0.936. The first-order valence-electron chi connectivity index (χ1n) is 8.16. The summed E-state index contributed by atoms with van der Waals surface area (Å²) in [6, 6.07) is 8.35. The van der Waals surface area contributed by atoms with Crippen LogP contribution in [0.4, 0.5) is 10.0 Å². The zero-order valence-corrected chi connectivity index (χ0v) is 17.3. The van der Waals surface area contributed by atoms with E-state index in [9.17, 15) is 0 Å². The summed E-state index contributed by atoms with van der Waals surface area (Å²) in [6.07, 6.45) is 7.56. The highest BCUT2D eigenvalue weighted by Crippen LogP contribution is 2.23. The van der Waals surface area contributed by atoms with Crippen LogP contribution in [0.25, 0.3) is 0 Å². The molecule has 0 fully saturated rings. The molecular formula is C18H23N6S2+. The Kier molecular flexibility index (Phi) is 5.53. The molecule has 3 aromatic heterocycles. The largest absolute Gasteiger partial charge is 0.370 e. The highest BCUT2D eigenvalue weighted by atomic mass is 32.1. The van der Waals surface area contributed by atoms with Crippen LogP contribution in [-0.4, -0.2) is 45.3 Å². The summed E-state index contributed by atoms with van der Waals surface area (Å²) in [7, 11) is 8.16. The van der Waals surface area contributed by atoms with Crippen LogP contribution < -0.4 is 14.5 Å². The van der Waals surface area contributed by atoms with E-state index >= 15 is 0 Å². The lowest BCUT2D eigenvalue weighted by molar-refractivity contribution is -0.684. The van der Waals surface area contributed by atoms with Crippen molar-refractivity contribution in [3.05, 3.63) is 52.2 Å². The Bertz CT molecular complexity index is 856. The minimum Gasteiger partial charge on any atom is -0.370 e. The second-order valence-corrected chi connectivity index (χ2v) is 8.35. The van der Waals surface area contributed by atoms with Gasteiger partial charge in [-0.25, -0.2) is 0 Å². The third-order valence-corrected chi connectivity index (χ3v) is 6.11. The van der Waals surface area contributed by atoms with Gasteiger partial charge in [-0.15, -0.1) is 32.0 Å². The Labute approximate surface area is 161 Å². The average molecular weight is 388 g/mol. The molecule has 0 aliphatic heterocycles. The van der Waals surface area contributed by atoms with E-state index in [1.54, 1.807) is 22.7 Å². The van der Waals surface area contributed by atoms with Gasteiger partial charge < -0.3 is 9.80 Å². The number of thiophene rings is 2. The molecule has 0 amide bonds. The lowest BCUT2D eigenvalue weighted by Gasteiger charge is -2.06. The number of rotatable bonds is 6. The van der Waals surface area contributed by atoms with E-state index in [0.717, 1.165) is 15.6 Å². The maximum absolute atomic E-state index is 4.54. The molecule has 3 heterocycles. The Morgan fingerprint density at radius 1 is 0.923 bits per heavy atom. The van der Waals surface area contributed by atoms with Gasteiger partial charge in [-0.3, -0.25) is 0 Å². The summed E-state index contributed by atoms with van der Waals surface area (Å²) in [5.74, 6) is 0.936. The number of hydrogen-bond acceptors (Lipinski definition) is 6. The molecule has 0 unspecified atom stereocenters. The zero-order valence-electron chi connectivity index (χ0n) is 15.6. The van der Waals surface area contributed by atoms with Crippen molar-refractivity contribution >= 4 is 45.1 Å². The van der Waals surface area contributed by atoms with Crippen LogP contribution in [0, 0.1) is 6.92 Å². The van der Waals surface area contributed by atoms with Crippen LogP contribution in [0.15, 0.2) is 46.9 Å². The van der Waals surface area contributed by atoms with Crippen molar-refractivity contribution in [1.29, 1.82) is 0 Å². The quantitative estimate of drug-likeness (QED) is 0.482. The normalized spacial score (nSPS) is 11.7. The Morgan fingerprint density at radius 3 is 2.04 bits per heavy atom. The molecule has 0 atom stereocenters. The number of anilines is 2. The molecule has 0 aliphatic carbocycles. The highest BCUT2D eigenvalue weighted by molar-refractivity contribution is 7.18. The van der Waals surface area contributed by atoms with Gasteiger partial charge in [-0.2, -0.15) is 0 Å². The summed E-state index contributed by atoms with van der Waals surface area (Å²) < 4.78 is 3.65. The van der Waals surface area contributed by atoms with Gasteiger partial charge >= 0.3 is 5.82 Å². The second kappa shape index (κ2) is 7.84. The molecule has 0 saturated carbocycles. The number of nitrogens with zero attached hydrogens (tertiary/aromatic N) is 6. The third-order valence-electron chi connectivity index (χ3n) is 3.74. The van der Waals surface area contributed by atoms with Crippen LogP contribution in [0.3, 0.4) is 0 Å². The standard InChI is InChI=1S/C18H23N6S2/c1-14-23(19-12-15-6-8-17(25-15)21(2)3)10-11-24(14)20-13-16-7-9-18(26-16)22(4)5/h6-13H,1-5H3/q+1. The highest BCUT2D eigenvalue weighted by Gasteiger charge is 2.11. The van der Waals surface area contributed by atoms with E-state index < -0.39 is 0 Å². The van der Waals surface area contributed by atoms with Gasteiger partial charge in [0.05, 0.1) is 32.2 Å². The van der Waals surface area contributed by atoms with Gasteiger partial charge in [0.1, 0.15) is 0 Å². The van der Waals surface area contributed by atoms with Crippen molar-refractivity contribution in [1.82, 2.24) is 4.68 Å². The first-order valence-corrected chi connectivity index (χ1v) is 9.80. The van der Waals surface area contributed by atoms with E-state index in [1.807, 2.05) is 69.3 Å². The summed E-state index contributed by atoms with van der Waals surface area (Å²) >= 11 is 3.42. The molecule has 0 radical (unpaired) electrons. The first kappa shape index (κ1) is 18.3. The Balaban J connectivity index is 1.72. The fraction of sp³-hybridized carbons (Fsp3) is 0.278. The molecule has 8 heteroatoms. The monoisotopic (exact) mass is 387 g/mol. The van der Waals surface area contributed by atoms with Crippen molar-refractivity contribution in [3.63, 3.8) is 0 Å². The van der Waals surface area contributed by atoms with Crippen molar-refractivity contribution < 1.29 is 4.68 Å². The molecule has 0 spiro atoms. The molecule has 26 heavy (non-hydrogen) atoms. The van der Waals surface area contributed by atoms with Gasteiger partial charge in [0.2, 0.25) is 0 Å². The molecule has 0 N–H and O–H groups in total. The SMILES string of the molecule is Cc1n(N=Cc2ccc(N(C)C)s2)cc[n+]1N=Cc1ccc(N(C)C)s1. The zero-order chi connectivity index (χ0) is 18.7. The Morgan fingerprint density at radius 2 is 1.50 bits per heavy atom. The first-order chi connectivity index (χ1) is 12.4. The number of imidazole rings is 1. The summed E-state index contributed by atoms with van der Waals surface area (Å²) in [6.45, 7) is 1.99. The Hall–Kier alpha value is -2.45. The van der Waals surface area contributed by atoms with Gasteiger partial charge in [0.15, 0.2) is 12.4 Å². The molecule has 0 saturated heterocycles. The molecular weight excluding hydrogens is 364 g/mol. The fourth-order valence-corrected chi connectivity index (χ4v) is 3.83. The van der Waals surface area contributed by atoms with E-state index in [-0.39, 0.29) is 0 Å². The molecule has 3 aromatic rings. The topological polar surface area (TPSA) is 40.0 Å². The van der Waals surface area contributed by atoms with Crippen molar-refractivity contribution in [2.75, 3.05) is 38.0 Å². The number of aromatic nitrogens is 2. The average Bonchev–Trinajstić information content (AvgIpc) is 3.31. The lowest BCUT2D eigenvalue weighted by Crippen LogP contribution is -2.29. The summed E-state index contributed by atoms with van der Waals surface area (Å²) in [5.41, 5.74) is 0. The van der Waals surface area contributed by atoms with Crippen LogP contribution in [-0.2, 0) is 0 Å². The molecule has 136 valence electrons. The molecule has 6 nitrogen and oxygen atoms in total. The molecule has 0 aromatic carbocycles. The van der Waals surface area contributed by atoms with Gasteiger partial charge in [-0.05, 0) is 24.3 Å². The van der Waals surface area contributed by atoms with Crippen LogP contribution in [0.5, 0.6) is 0 Å². The smallest absolute Gasteiger partial charge is 0.304 e. The predicted octanol–water partition coefficient (Wildman–Crippen LogP) is 3.10. The van der Waals surface area contributed by atoms with E-state index in [0.29, 0.717) is 0 Å². The molecule has 0 aliphatic rings. The summed E-state index contributed by atoms with van der Waals surface area (Å²) in [4.78, 5) is 6.42. The van der Waals surface area contributed by atoms with Crippen LogP contribution >= 0.6 is 22.7 Å². The predicted molar refractivity (Wildman–Crippen MR) is 113 cm³/mol. The molecule has 0 bridgehead atoms. The maximum Gasteiger partial charge on any atom is 0.304 e. The maximum atomic E-state index is 4.54. The fourth-order valence-electron chi connectivity index (χ4n) is 2.23. The van der Waals surface area contributed by atoms with Crippen molar-refractivity contribution in [2.45, 2.75) is 6.92 Å². The van der Waals surface area contributed by atoms with Crippen LogP contribution in [0.2, 0.25) is 0 Å². The second-order valence-electron chi connectivity index (χ2n) is 6.16. The molecule has 3 rings (SSSR count). The minimum atomic E-state index is 0.936. The summed E-state index contributed by atoms with van der Waals surface area (Å²) in [5, 5.41) is 11.5. The van der Waals surface area contributed by atoms with Gasteiger partial charge in [0.25, 0.3) is 0 Å². The third kappa shape index (κ3) is 4.20. The van der Waals surface area contributed by atoms with Crippen molar-refractivity contribution in [2.24, 2.45) is 10.2 Å². The van der Waals surface area contributed by atoms with Crippen molar-refractivity contribution in [3.8, 4) is 0 Å². The van der Waals surface area contributed by atoms with Gasteiger partial charge in [-0.1, -0.05) is 10.2 Å². The van der Waals surface area contributed by atoms with E-state index in [1.165, 1.54) is 10.0 Å².